The Morgan fingerprint density at radius 1 is 1.25 bits per heavy atom. The van der Waals surface area contributed by atoms with Crippen LogP contribution < -0.4 is 4.74 Å². The van der Waals surface area contributed by atoms with Crippen LogP contribution in [0.25, 0.3) is 0 Å². The summed E-state index contributed by atoms with van der Waals surface area (Å²) in [4.78, 5) is 10.4. The molecule has 0 aliphatic carbocycles. The summed E-state index contributed by atoms with van der Waals surface area (Å²) in [6.07, 6.45) is 0. The molecule has 0 amide bonds. The summed E-state index contributed by atoms with van der Waals surface area (Å²) in [7, 11) is 0. The Morgan fingerprint density at radius 3 is 2.55 bits per heavy atom. The van der Waals surface area contributed by atoms with E-state index < -0.39 is 4.92 Å². The molecule has 0 heterocycles. The van der Waals surface area contributed by atoms with Crippen LogP contribution in [0.15, 0.2) is 42.5 Å². The molecule has 2 aromatic rings. The molecule has 2 rings (SSSR count). The van der Waals surface area contributed by atoms with Gasteiger partial charge in [0.2, 0.25) is 0 Å². The van der Waals surface area contributed by atoms with Crippen molar-refractivity contribution in [1.29, 1.82) is 5.26 Å². The lowest BCUT2D eigenvalue weighted by molar-refractivity contribution is -0.385. The summed E-state index contributed by atoms with van der Waals surface area (Å²) in [5.41, 5.74) is 1.19. The second-order valence-corrected chi connectivity index (χ2v) is 4.40. The normalized spacial score (nSPS) is 9.80. The third kappa shape index (κ3) is 3.25. The van der Waals surface area contributed by atoms with Gasteiger partial charge in [0.05, 0.1) is 16.6 Å². The largest absolute Gasteiger partial charge is 0.482 e. The van der Waals surface area contributed by atoms with Crippen molar-refractivity contribution in [2.45, 2.75) is 6.61 Å². The fourth-order valence-corrected chi connectivity index (χ4v) is 1.76. The van der Waals surface area contributed by atoms with Crippen LogP contribution in [-0.4, -0.2) is 4.92 Å². The standard InChI is InChI=1S/C14H9ClN2O3/c15-12-5-6-14(13(7-12)17(18)19)20-9-11-3-1-10(8-16)2-4-11/h1-7H,9H2. The molecule has 5 nitrogen and oxygen atoms in total. The average molecular weight is 289 g/mol. The highest BCUT2D eigenvalue weighted by Crippen LogP contribution is 2.30. The Kier molecular flexibility index (Phi) is 4.18. The molecule has 0 saturated carbocycles. The van der Waals surface area contributed by atoms with E-state index in [1.54, 1.807) is 24.3 Å². The number of rotatable bonds is 4. The van der Waals surface area contributed by atoms with Gasteiger partial charge in [-0.25, -0.2) is 0 Å². The van der Waals surface area contributed by atoms with Crippen molar-refractivity contribution in [2.24, 2.45) is 0 Å². The summed E-state index contributed by atoms with van der Waals surface area (Å²) < 4.78 is 5.43. The molecule has 0 N–H and O–H groups in total. The van der Waals surface area contributed by atoms with Gasteiger partial charge in [0, 0.05) is 11.1 Å². The minimum Gasteiger partial charge on any atom is -0.482 e. The fourth-order valence-electron chi connectivity index (χ4n) is 1.59. The van der Waals surface area contributed by atoms with Crippen LogP contribution in [-0.2, 0) is 6.61 Å². The number of hydrogen-bond acceptors (Lipinski definition) is 4. The molecule has 2 aromatic carbocycles. The number of nitro groups is 1. The number of nitrogens with zero attached hydrogens (tertiary/aromatic N) is 2. The van der Waals surface area contributed by atoms with E-state index in [4.69, 9.17) is 21.6 Å². The Morgan fingerprint density at radius 2 is 1.95 bits per heavy atom. The second kappa shape index (κ2) is 6.04. The van der Waals surface area contributed by atoms with Gasteiger partial charge in [-0.1, -0.05) is 23.7 Å². The smallest absolute Gasteiger partial charge is 0.312 e. The fraction of sp³-hybridized carbons (Fsp3) is 0.0714. The molecule has 100 valence electrons. The molecule has 0 aromatic heterocycles. The van der Waals surface area contributed by atoms with Crippen molar-refractivity contribution >= 4 is 17.3 Å². The third-order valence-corrected chi connectivity index (χ3v) is 2.83. The molecule has 0 atom stereocenters. The Balaban J connectivity index is 2.14. The predicted molar refractivity (Wildman–Crippen MR) is 73.6 cm³/mol. The number of hydrogen-bond donors (Lipinski definition) is 0. The highest BCUT2D eigenvalue weighted by Gasteiger charge is 2.15. The van der Waals surface area contributed by atoms with Crippen LogP contribution in [0, 0.1) is 21.4 Å². The van der Waals surface area contributed by atoms with Gasteiger partial charge in [-0.3, -0.25) is 10.1 Å². The molecule has 0 fully saturated rings. The summed E-state index contributed by atoms with van der Waals surface area (Å²) >= 11 is 5.72. The van der Waals surface area contributed by atoms with E-state index in [0.717, 1.165) is 5.56 Å². The minimum atomic E-state index is -0.542. The number of nitro benzene ring substituents is 1. The van der Waals surface area contributed by atoms with Crippen molar-refractivity contribution < 1.29 is 9.66 Å². The molecule has 20 heavy (non-hydrogen) atoms. The summed E-state index contributed by atoms with van der Waals surface area (Å²) in [6, 6.07) is 13.0. The second-order valence-electron chi connectivity index (χ2n) is 3.97. The van der Waals surface area contributed by atoms with Gasteiger partial charge in [-0.15, -0.1) is 0 Å². The predicted octanol–water partition coefficient (Wildman–Crippen LogP) is 3.70. The van der Waals surface area contributed by atoms with Crippen molar-refractivity contribution in [3.8, 4) is 11.8 Å². The first-order chi connectivity index (χ1) is 9.60. The molecule has 6 heteroatoms. The Labute approximate surface area is 120 Å². The Hall–Kier alpha value is -2.58. The molecule has 0 radical (unpaired) electrons. The van der Waals surface area contributed by atoms with E-state index in [9.17, 15) is 10.1 Å². The zero-order valence-corrected chi connectivity index (χ0v) is 11.0. The van der Waals surface area contributed by atoms with E-state index in [2.05, 4.69) is 0 Å². The minimum absolute atomic E-state index is 0.156. The number of ether oxygens (including phenoxy) is 1. The zero-order valence-electron chi connectivity index (χ0n) is 10.2. The van der Waals surface area contributed by atoms with E-state index in [-0.39, 0.29) is 23.1 Å². The molecular formula is C14H9ClN2O3. The summed E-state index contributed by atoms with van der Waals surface area (Å²) in [6.45, 7) is 0.175. The van der Waals surface area contributed by atoms with Gasteiger partial charge in [0.25, 0.3) is 0 Å². The lowest BCUT2D eigenvalue weighted by Gasteiger charge is -2.07. The summed E-state index contributed by atoms with van der Waals surface area (Å²) in [5, 5.41) is 19.9. The van der Waals surface area contributed by atoms with Crippen molar-refractivity contribution in [3.63, 3.8) is 0 Å². The van der Waals surface area contributed by atoms with Gasteiger partial charge in [0.1, 0.15) is 6.61 Å². The lowest BCUT2D eigenvalue weighted by atomic mass is 10.1. The third-order valence-electron chi connectivity index (χ3n) is 2.60. The van der Waals surface area contributed by atoms with Crippen LogP contribution >= 0.6 is 11.6 Å². The van der Waals surface area contributed by atoms with E-state index in [0.29, 0.717) is 5.56 Å². The van der Waals surface area contributed by atoms with Crippen LogP contribution in [0.3, 0.4) is 0 Å². The maximum atomic E-state index is 10.9. The number of benzene rings is 2. The van der Waals surface area contributed by atoms with E-state index >= 15 is 0 Å². The first-order valence-electron chi connectivity index (χ1n) is 5.66. The number of nitriles is 1. The highest BCUT2D eigenvalue weighted by atomic mass is 35.5. The van der Waals surface area contributed by atoms with Crippen molar-refractivity contribution in [3.05, 3.63) is 68.7 Å². The van der Waals surface area contributed by atoms with E-state index in [1.807, 2.05) is 6.07 Å². The van der Waals surface area contributed by atoms with Crippen LogP contribution in [0.2, 0.25) is 5.02 Å². The van der Waals surface area contributed by atoms with Gasteiger partial charge in [-0.05, 0) is 29.8 Å². The topological polar surface area (TPSA) is 76.2 Å². The maximum Gasteiger partial charge on any atom is 0.312 e. The lowest BCUT2D eigenvalue weighted by Crippen LogP contribution is -1.99. The van der Waals surface area contributed by atoms with E-state index in [1.165, 1.54) is 18.2 Å². The van der Waals surface area contributed by atoms with Gasteiger partial charge < -0.3 is 4.74 Å². The highest BCUT2D eigenvalue weighted by molar-refractivity contribution is 6.30. The maximum absolute atomic E-state index is 10.9. The molecular weight excluding hydrogens is 280 g/mol. The summed E-state index contributed by atoms with van der Waals surface area (Å²) in [5.74, 6) is 0.156. The van der Waals surface area contributed by atoms with Gasteiger partial charge in [-0.2, -0.15) is 5.26 Å². The first-order valence-corrected chi connectivity index (χ1v) is 6.04. The molecule has 0 bridgehead atoms. The monoisotopic (exact) mass is 288 g/mol. The Bertz CT molecular complexity index is 678. The molecule has 0 saturated heterocycles. The van der Waals surface area contributed by atoms with Crippen LogP contribution in [0.4, 0.5) is 5.69 Å². The molecule has 0 aliphatic heterocycles. The van der Waals surface area contributed by atoms with Gasteiger partial charge >= 0.3 is 5.69 Å². The van der Waals surface area contributed by atoms with Crippen LogP contribution in [0.5, 0.6) is 5.75 Å². The first kappa shape index (κ1) is 13.8. The molecule has 0 aliphatic rings. The van der Waals surface area contributed by atoms with Gasteiger partial charge in [0.15, 0.2) is 5.75 Å². The quantitative estimate of drug-likeness (QED) is 0.635. The molecule has 0 spiro atoms. The van der Waals surface area contributed by atoms with Crippen molar-refractivity contribution in [1.82, 2.24) is 0 Å². The number of halogens is 1. The van der Waals surface area contributed by atoms with Crippen molar-refractivity contribution in [2.75, 3.05) is 0 Å². The SMILES string of the molecule is N#Cc1ccc(COc2ccc(Cl)cc2[N+](=O)[O-])cc1. The van der Waals surface area contributed by atoms with Crippen LogP contribution in [0.1, 0.15) is 11.1 Å². The molecule has 0 unspecified atom stereocenters. The average Bonchev–Trinajstić information content (AvgIpc) is 2.46. The zero-order chi connectivity index (χ0) is 14.5.